The fraction of sp³-hybridized carbons (Fsp3) is 0.533. The second-order valence-corrected chi connectivity index (χ2v) is 12.6. The summed E-state index contributed by atoms with van der Waals surface area (Å²) in [6, 6.07) is 16.0. The van der Waals surface area contributed by atoms with E-state index < -0.39 is 34.1 Å². The molecule has 0 aromatic heterocycles. The van der Waals surface area contributed by atoms with Gasteiger partial charge in [0.15, 0.2) is 0 Å². The van der Waals surface area contributed by atoms with E-state index in [9.17, 15) is 23.1 Å². The minimum absolute atomic E-state index is 0.0679. The number of carbonyl (C=O) groups excluding carboxylic acids is 2. The molecule has 0 aliphatic heterocycles. The molecule has 9 nitrogen and oxygen atoms in total. The summed E-state index contributed by atoms with van der Waals surface area (Å²) in [5, 5.41) is 20.0. The number of aliphatic hydroxyl groups is 1. The smallest absolute Gasteiger partial charge is 0.243 e. The van der Waals surface area contributed by atoms with E-state index in [1.54, 1.807) is 25.2 Å². The van der Waals surface area contributed by atoms with Crippen LogP contribution in [0.15, 0.2) is 65.6 Å². The Labute approximate surface area is 239 Å². The summed E-state index contributed by atoms with van der Waals surface area (Å²) >= 11 is 0. The molecular formula is C30H46N4O5S. The van der Waals surface area contributed by atoms with E-state index in [0.717, 1.165) is 5.56 Å². The number of sulfonamides is 1. The predicted molar refractivity (Wildman–Crippen MR) is 158 cm³/mol. The van der Waals surface area contributed by atoms with Crippen molar-refractivity contribution in [3.05, 3.63) is 66.2 Å². The van der Waals surface area contributed by atoms with E-state index >= 15 is 0 Å². The number of hydrogen-bond acceptors (Lipinski definition) is 6. The number of hydrogen-bond donors (Lipinski definition) is 4. The van der Waals surface area contributed by atoms with Gasteiger partial charge in [-0.1, -0.05) is 82.6 Å². The Kier molecular flexibility index (Phi) is 13.8. The molecule has 0 aliphatic carbocycles. The second kappa shape index (κ2) is 16.5. The molecule has 2 aromatic rings. The summed E-state index contributed by atoms with van der Waals surface area (Å²) in [4.78, 5) is 26.0. The highest BCUT2D eigenvalue weighted by molar-refractivity contribution is 7.89. The van der Waals surface area contributed by atoms with Crippen LogP contribution in [0.3, 0.4) is 0 Å². The van der Waals surface area contributed by atoms with Crippen LogP contribution in [-0.4, -0.2) is 74.5 Å². The number of likely N-dealkylation sites (N-methyl/N-ethyl adjacent to an activating group) is 1. The van der Waals surface area contributed by atoms with Gasteiger partial charge in [0.2, 0.25) is 21.8 Å². The van der Waals surface area contributed by atoms with Crippen molar-refractivity contribution < 1.29 is 23.1 Å². The van der Waals surface area contributed by atoms with E-state index in [2.05, 4.69) is 16.0 Å². The highest BCUT2D eigenvalue weighted by Gasteiger charge is 2.33. The van der Waals surface area contributed by atoms with Crippen molar-refractivity contribution in [2.45, 2.75) is 70.0 Å². The molecular weight excluding hydrogens is 528 g/mol. The Morgan fingerprint density at radius 2 is 1.55 bits per heavy atom. The van der Waals surface area contributed by atoms with E-state index in [1.165, 1.54) is 16.4 Å². The maximum atomic E-state index is 13.6. The standard InChI is InChI=1S/C30H46N4O5S/c1-6-23(4)29(33-28(36)20-31-5)30(37)32-26(19-24-13-9-7-10-14-24)27(35)21-34(18-17-22(2)3)40(38,39)25-15-11-8-12-16-25/h7-16,22-23,26-27,29,31,35H,6,17-21H2,1-5H3,(H,32,37)(H,33,36)/t23-,26-,27+,29-/m0/s1. The van der Waals surface area contributed by atoms with Gasteiger partial charge in [-0.25, -0.2) is 8.42 Å². The lowest BCUT2D eigenvalue weighted by Gasteiger charge is -2.32. The highest BCUT2D eigenvalue weighted by Crippen LogP contribution is 2.19. The molecule has 0 radical (unpaired) electrons. The van der Waals surface area contributed by atoms with Crippen molar-refractivity contribution in [2.24, 2.45) is 11.8 Å². The zero-order chi connectivity index (χ0) is 29.7. The Balaban J connectivity index is 2.36. The third-order valence-electron chi connectivity index (χ3n) is 6.97. The summed E-state index contributed by atoms with van der Waals surface area (Å²) in [5.41, 5.74) is 0.880. The van der Waals surface area contributed by atoms with Gasteiger partial charge < -0.3 is 21.1 Å². The molecule has 0 bridgehead atoms. The van der Waals surface area contributed by atoms with Crippen molar-refractivity contribution >= 4 is 21.8 Å². The Morgan fingerprint density at radius 3 is 2.10 bits per heavy atom. The second-order valence-electron chi connectivity index (χ2n) is 10.7. The summed E-state index contributed by atoms with van der Waals surface area (Å²) in [6.07, 6.45) is 0.347. The van der Waals surface area contributed by atoms with Gasteiger partial charge in [0.1, 0.15) is 6.04 Å². The largest absolute Gasteiger partial charge is 0.390 e. The summed E-state index contributed by atoms with van der Waals surface area (Å²) < 4.78 is 28.5. The Hall–Kier alpha value is -2.79. The van der Waals surface area contributed by atoms with Crippen LogP contribution in [0.2, 0.25) is 0 Å². The number of nitrogens with zero attached hydrogens (tertiary/aromatic N) is 1. The van der Waals surface area contributed by atoms with Gasteiger partial charge in [-0.3, -0.25) is 9.59 Å². The minimum atomic E-state index is -3.89. The molecule has 2 rings (SSSR count). The SMILES string of the molecule is CC[C@H](C)[C@H](NC(=O)CNC)C(=O)N[C@@H](Cc1ccccc1)[C@H](O)CN(CCC(C)C)S(=O)(=O)c1ccccc1. The van der Waals surface area contributed by atoms with Gasteiger partial charge in [0, 0.05) is 13.1 Å². The minimum Gasteiger partial charge on any atom is -0.390 e. The van der Waals surface area contributed by atoms with Gasteiger partial charge in [-0.15, -0.1) is 0 Å². The first kappa shape index (κ1) is 33.4. The first-order valence-electron chi connectivity index (χ1n) is 14.0. The number of aliphatic hydroxyl groups excluding tert-OH is 1. The van der Waals surface area contributed by atoms with Crippen LogP contribution in [-0.2, 0) is 26.0 Å². The molecule has 0 unspecified atom stereocenters. The third kappa shape index (κ3) is 10.3. The molecule has 10 heteroatoms. The first-order chi connectivity index (χ1) is 19.0. The van der Waals surface area contributed by atoms with Gasteiger partial charge in [-0.05, 0) is 49.4 Å². The van der Waals surface area contributed by atoms with E-state index in [1.807, 2.05) is 58.0 Å². The van der Waals surface area contributed by atoms with E-state index in [-0.39, 0.29) is 48.7 Å². The number of amides is 2. The molecule has 2 amide bonds. The van der Waals surface area contributed by atoms with Crippen LogP contribution >= 0.6 is 0 Å². The van der Waals surface area contributed by atoms with Gasteiger partial charge in [0.25, 0.3) is 0 Å². The molecule has 40 heavy (non-hydrogen) atoms. The van der Waals surface area contributed by atoms with Crippen molar-refractivity contribution in [3.63, 3.8) is 0 Å². The lowest BCUT2D eigenvalue weighted by Crippen LogP contribution is -2.57. The van der Waals surface area contributed by atoms with Crippen molar-refractivity contribution in [2.75, 3.05) is 26.7 Å². The van der Waals surface area contributed by atoms with Crippen molar-refractivity contribution in [1.29, 1.82) is 0 Å². The molecule has 0 heterocycles. The van der Waals surface area contributed by atoms with Gasteiger partial charge >= 0.3 is 0 Å². The Bertz CT molecular complexity index is 1150. The van der Waals surface area contributed by atoms with Crippen LogP contribution in [0.5, 0.6) is 0 Å². The number of rotatable bonds is 17. The molecule has 222 valence electrons. The van der Waals surface area contributed by atoms with Gasteiger partial charge in [0.05, 0.1) is 23.6 Å². The number of carbonyl (C=O) groups is 2. The Morgan fingerprint density at radius 1 is 0.950 bits per heavy atom. The van der Waals surface area contributed by atoms with Crippen molar-refractivity contribution in [1.82, 2.24) is 20.3 Å². The van der Waals surface area contributed by atoms with Crippen LogP contribution in [0.1, 0.15) is 46.1 Å². The normalized spacial score (nSPS) is 14.9. The molecule has 2 aromatic carbocycles. The topological polar surface area (TPSA) is 128 Å². The van der Waals surface area contributed by atoms with E-state index in [0.29, 0.717) is 12.8 Å². The lowest BCUT2D eigenvalue weighted by molar-refractivity contribution is -0.130. The third-order valence-corrected chi connectivity index (χ3v) is 8.85. The average Bonchev–Trinajstić information content (AvgIpc) is 2.94. The molecule has 0 spiro atoms. The average molecular weight is 575 g/mol. The molecule has 4 N–H and O–H groups in total. The monoisotopic (exact) mass is 574 g/mol. The summed E-state index contributed by atoms with van der Waals surface area (Å²) in [7, 11) is -2.23. The fourth-order valence-electron chi connectivity index (χ4n) is 4.30. The summed E-state index contributed by atoms with van der Waals surface area (Å²) in [5.74, 6) is -0.630. The highest BCUT2D eigenvalue weighted by atomic mass is 32.2. The first-order valence-corrected chi connectivity index (χ1v) is 15.4. The molecule has 0 saturated heterocycles. The van der Waals surface area contributed by atoms with Gasteiger partial charge in [-0.2, -0.15) is 4.31 Å². The van der Waals surface area contributed by atoms with Crippen LogP contribution in [0, 0.1) is 11.8 Å². The fourth-order valence-corrected chi connectivity index (χ4v) is 5.79. The summed E-state index contributed by atoms with van der Waals surface area (Å²) in [6.45, 7) is 7.95. The van der Waals surface area contributed by atoms with Crippen LogP contribution < -0.4 is 16.0 Å². The maximum Gasteiger partial charge on any atom is 0.243 e. The maximum absolute atomic E-state index is 13.6. The molecule has 0 aliphatic rings. The number of nitrogens with one attached hydrogen (secondary N) is 3. The van der Waals surface area contributed by atoms with Crippen molar-refractivity contribution in [3.8, 4) is 0 Å². The van der Waals surface area contributed by atoms with E-state index in [4.69, 9.17) is 0 Å². The zero-order valence-corrected chi connectivity index (χ0v) is 25.2. The zero-order valence-electron chi connectivity index (χ0n) is 24.3. The number of benzene rings is 2. The predicted octanol–water partition coefficient (Wildman–Crippen LogP) is 2.56. The molecule has 4 atom stereocenters. The lowest BCUT2D eigenvalue weighted by atomic mass is 9.96. The van der Waals surface area contributed by atoms with Crippen LogP contribution in [0.4, 0.5) is 0 Å². The quantitative estimate of drug-likeness (QED) is 0.230. The molecule has 0 fully saturated rings. The van der Waals surface area contributed by atoms with Crippen LogP contribution in [0.25, 0.3) is 0 Å². The molecule has 0 saturated carbocycles.